The first-order valence-electron chi connectivity index (χ1n) is 7.81. The maximum absolute atomic E-state index is 12.4. The van der Waals surface area contributed by atoms with Crippen LogP contribution in [0.3, 0.4) is 0 Å². The molecule has 0 aromatic heterocycles. The normalized spacial score (nSPS) is 16.6. The van der Waals surface area contributed by atoms with Crippen LogP contribution < -0.4 is 16.0 Å². The van der Waals surface area contributed by atoms with Crippen molar-refractivity contribution in [1.29, 1.82) is 0 Å². The summed E-state index contributed by atoms with van der Waals surface area (Å²) in [6, 6.07) is 4.33. The molecule has 0 bridgehead atoms. The van der Waals surface area contributed by atoms with Crippen LogP contribution in [0.5, 0.6) is 0 Å². The van der Waals surface area contributed by atoms with E-state index in [9.17, 15) is 14.4 Å². The largest absolute Gasteiger partial charge is 0.356 e. The number of urea groups is 1. The van der Waals surface area contributed by atoms with Gasteiger partial charge in [-0.1, -0.05) is 11.6 Å². The Kier molecular flexibility index (Phi) is 6.03. The molecule has 0 aliphatic carbocycles. The molecule has 0 spiro atoms. The molecular weight excluding hydrogens is 332 g/mol. The van der Waals surface area contributed by atoms with Crippen LogP contribution in [0.15, 0.2) is 18.2 Å². The summed E-state index contributed by atoms with van der Waals surface area (Å²) < 4.78 is 0. The second kappa shape index (κ2) is 8.01. The van der Waals surface area contributed by atoms with Crippen molar-refractivity contribution >= 4 is 35.1 Å². The number of hydrogen-bond acceptors (Lipinski definition) is 3. The molecule has 1 heterocycles. The molecule has 1 unspecified atom stereocenters. The molecule has 1 fully saturated rings. The van der Waals surface area contributed by atoms with Crippen molar-refractivity contribution < 1.29 is 14.4 Å². The highest BCUT2D eigenvalue weighted by atomic mass is 35.5. The lowest BCUT2D eigenvalue weighted by molar-refractivity contribution is -0.124. The van der Waals surface area contributed by atoms with Crippen LogP contribution in [0.2, 0.25) is 5.02 Å². The van der Waals surface area contributed by atoms with Crippen molar-refractivity contribution in [3.63, 3.8) is 0 Å². The quantitative estimate of drug-likeness (QED) is 0.770. The first kappa shape index (κ1) is 18.1. The smallest absolute Gasteiger partial charge is 0.321 e. The van der Waals surface area contributed by atoms with E-state index < -0.39 is 0 Å². The van der Waals surface area contributed by atoms with Crippen molar-refractivity contribution in [2.75, 3.05) is 32.0 Å². The number of carbonyl (C=O) groups excluding carboxylic acids is 3. The predicted molar refractivity (Wildman–Crippen MR) is 92.2 cm³/mol. The number of likely N-dealkylation sites (tertiary alicyclic amines) is 1. The number of benzene rings is 1. The highest BCUT2D eigenvalue weighted by molar-refractivity contribution is 6.33. The molecule has 4 amide bonds. The second-order valence-electron chi connectivity index (χ2n) is 5.53. The molecule has 1 aromatic rings. The molecule has 1 atom stereocenters. The molecule has 1 aliphatic heterocycles. The van der Waals surface area contributed by atoms with E-state index in [2.05, 4.69) is 16.0 Å². The lowest BCUT2D eigenvalue weighted by Crippen LogP contribution is -2.36. The van der Waals surface area contributed by atoms with Gasteiger partial charge in [0, 0.05) is 32.2 Å². The van der Waals surface area contributed by atoms with E-state index in [0.717, 1.165) is 0 Å². The maximum atomic E-state index is 12.4. The summed E-state index contributed by atoms with van der Waals surface area (Å²) in [6.45, 7) is 3.30. The van der Waals surface area contributed by atoms with Gasteiger partial charge in [0.1, 0.15) is 0 Å². The van der Waals surface area contributed by atoms with Crippen molar-refractivity contribution in [3.05, 3.63) is 28.8 Å². The summed E-state index contributed by atoms with van der Waals surface area (Å²) in [5, 5.41) is 8.34. The Morgan fingerprint density at radius 2 is 2.08 bits per heavy atom. The molecule has 8 heteroatoms. The third-order valence-electron chi connectivity index (χ3n) is 3.89. The molecule has 130 valence electrons. The highest BCUT2D eigenvalue weighted by Gasteiger charge is 2.31. The van der Waals surface area contributed by atoms with E-state index in [1.165, 1.54) is 13.1 Å². The van der Waals surface area contributed by atoms with Crippen LogP contribution in [-0.4, -0.2) is 49.4 Å². The Morgan fingerprint density at radius 3 is 2.75 bits per heavy atom. The van der Waals surface area contributed by atoms with E-state index >= 15 is 0 Å². The Hall–Kier alpha value is -2.28. The first-order chi connectivity index (χ1) is 11.5. The van der Waals surface area contributed by atoms with Crippen LogP contribution >= 0.6 is 11.6 Å². The zero-order valence-electron chi connectivity index (χ0n) is 13.7. The van der Waals surface area contributed by atoms with Gasteiger partial charge in [0.2, 0.25) is 5.91 Å². The van der Waals surface area contributed by atoms with Crippen LogP contribution in [0, 0.1) is 5.92 Å². The Balaban J connectivity index is 2.02. The summed E-state index contributed by atoms with van der Waals surface area (Å²) in [5.74, 6) is -0.490. The van der Waals surface area contributed by atoms with Gasteiger partial charge in [-0.25, -0.2) is 4.79 Å². The summed E-state index contributed by atoms with van der Waals surface area (Å²) in [6.07, 6.45) is 0.630. The number of hydrogen-bond donors (Lipinski definition) is 3. The average molecular weight is 353 g/mol. The van der Waals surface area contributed by atoms with E-state index in [0.29, 0.717) is 42.3 Å². The van der Waals surface area contributed by atoms with Gasteiger partial charge in [-0.05, 0) is 31.5 Å². The van der Waals surface area contributed by atoms with Crippen molar-refractivity contribution in [2.24, 2.45) is 5.92 Å². The topological polar surface area (TPSA) is 90.5 Å². The van der Waals surface area contributed by atoms with Gasteiger partial charge >= 0.3 is 6.03 Å². The van der Waals surface area contributed by atoms with Gasteiger partial charge < -0.3 is 20.9 Å². The molecular formula is C16H21ClN4O3. The molecule has 24 heavy (non-hydrogen) atoms. The maximum Gasteiger partial charge on any atom is 0.321 e. The molecule has 0 saturated carbocycles. The molecule has 1 saturated heterocycles. The summed E-state index contributed by atoms with van der Waals surface area (Å²) in [7, 11) is 1.53. The summed E-state index contributed by atoms with van der Waals surface area (Å²) in [4.78, 5) is 37.5. The number of halogens is 1. The summed E-state index contributed by atoms with van der Waals surface area (Å²) >= 11 is 6.09. The Morgan fingerprint density at radius 1 is 1.33 bits per heavy atom. The van der Waals surface area contributed by atoms with Gasteiger partial charge in [-0.15, -0.1) is 0 Å². The lowest BCUT2D eigenvalue weighted by Gasteiger charge is -2.18. The molecule has 1 aliphatic rings. The minimum absolute atomic E-state index is 0.0348. The SMILES string of the molecule is CCNC(=O)C1CCN(C(=O)Nc2cc(C(=O)NC)ccc2Cl)C1. The molecule has 2 rings (SSSR count). The number of nitrogens with one attached hydrogen (secondary N) is 3. The lowest BCUT2D eigenvalue weighted by atomic mass is 10.1. The number of carbonyl (C=O) groups is 3. The Bertz CT molecular complexity index is 650. The van der Waals surface area contributed by atoms with Gasteiger partial charge in [-0.2, -0.15) is 0 Å². The fourth-order valence-electron chi connectivity index (χ4n) is 2.58. The molecule has 1 aromatic carbocycles. The number of amides is 4. The van der Waals surface area contributed by atoms with E-state index in [4.69, 9.17) is 11.6 Å². The highest BCUT2D eigenvalue weighted by Crippen LogP contribution is 2.25. The molecule has 3 N–H and O–H groups in total. The summed E-state index contributed by atoms with van der Waals surface area (Å²) in [5.41, 5.74) is 0.767. The third-order valence-corrected chi connectivity index (χ3v) is 4.22. The van der Waals surface area contributed by atoms with Gasteiger partial charge in [0.25, 0.3) is 5.91 Å². The number of anilines is 1. The van der Waals surface area contributed by atoms with Crippen molar-refractivity contribution in [3.8, 4) is 0 Å². The molecule has 0 radical (unpaired) electrons. The number of rotatable bonds is 4. The zero-order valence-corrected chi connectivity index (χ0v) is 14.4. The monoisotopic (exact) mass is 352 g/mol. The molecule has 7 nitrogen and oxygen atoms in total. The average Bonchev–Trinajstić information content (AvgIpc) is 3.06. The van der Waals surface area contributed by atoms with Crippen LogP contribution in [0.1, 0.15) is 23.7 Å². The fraction of sp³-hybridized carbons (Fsp3) is 0.438. The number of nitrogens with zero attached hydrogens (tertiary/aromatic N) is 1. The van der Waals surface area contributed by atoms with Crippen molar-refractivity contribution in [1.82, 2.24) is 15.5 Å². The fourth-order valence-corrected chi connectivity index (χ4v) is 2.74. The van der Waals surface area contributed by atoms with Gasteiger partial charge in [0.15, 0.2) is 0 Å². The van der Waals surface area contributed by atoms with E-state index in [1.54, 1.807) is 17.0 Å². The van der Waals surface area contributed by atoms with E-state index in [-0.39, 0.29) is 23.8 Å². The third kappa shape index (κ3) is 4.17. The standard InChI is InChI=1S/C16H21ClN4O3/c1-3-19-15(23)11-6-7-21(9-11)16(24)20-13-8-10(14(22)18-2)4-5-12(13)17/h4-5,8,11H,3,6-7,9H2,1-2H3,(H,18,22)(H,19,23)(H,20,24). The van der Waals surface area contributed by atoms with Crippen LogP contribution in [0.25, 0.3) is 0 Å². The Labute approximate surface area is 145 Å². The minimum atomic E-state index is -0.335. The zero-order chi connectivity index (χ0) is 17.7. The van der Waals surface area contributed by atoms with Gasteiger partial charge in [-0.3, -0.25) is 9.59 Å². The van der Waals surface area contributed by atoms with Gasteiger partial charge in [0.05, 0.1) is 16.6 Å². The van der Waals surface area contributed by atoms with E-state index in [1.807, 2.05) is 6.92 Å². The van der Waals surface area contributed by atoms with Crippen molar-refractivity contribution in [2.45, 2.75) is 13.3 Å². The second-order valence-corrected chi connectivity index (χ2v) is 5.94. The van der Waals surface area contributed by atoms with Crippen LogP contribution in [-0.2, 0) is 4.79 Å². The first-order valence-corrected chi connectivity index (χ1v) is 8.19. The minimum Gasteiger partial charge on any atom is -0.356 e. The van der Waals surface area contributed by atoms with Crippen LogP contribution in [0.4, 0.5) is 10.5 Å². The predicted octanol–water partition coefficient (Wildman–Crippen LogP) is 1.69.